The highest BCUT2D eigenvalue weighted by atomic mass is 79.9. The van der Waals surface area contributed by atoms with Crippen molar-refractivity contribution in [2.75, 3.05) is 0 Å². The van der Waals surface area contributed by atoms with Gasteiger partial charge in [-0.3, -0.25) is 4.79 Å². The molecule has 0 saturated heterocycles. The van der Waals surface area contributed by atoms with Gasteiger partial charge < -0.3 is 4.74 Å². The normalized spacial score (nSPS) is 22.8. The van der Waals surface area contributed by atoms with Crippen molar-refractivity contribution in [2.45, 2.75) is 26.4 Å². The lowest BCUT2D eigenvalue weighted by Crippen LogP contribution is -2.53. The van der Waals surface area contributed by atoms with Crippen molar-refractivity contribution in [3.63, 3.8) is 0 Å². The molecule has 1 aromatic rings. The van der Waals surface area contributed by atoms with Crippen molar-refractivity contribution in [3.05, 3.63) is 27.1 Å². The summed E-state index contributed by atoms with van der Waals surface area (Å²) in [5.41, 5.74) is -0.355. The van der Waals surface area contributed by atoms with Crippen LogP contribution in [0.5, 0.6) is 5.75 Å². The number of Topliss-reactive ketones (excluding diaryl/α,β-unsaturated/α-hetero) is 1. The number of hydrogen-bond donors (Lipinski definition) is 0. The van der Waals surface area contributed by atoms with Crippen molar-refractivity contribution < 1.29 is 9.53 Å². The van der Waals surface area contributed by atoms with Crippen molar-refractivity contribution >= 4 is 37.6 Å². The molecule has 0 N–H and O–H groups in total. The lowest BCUT2D eigenvalue weighted by molar-refractivity contribution is -0.148. The second kappa shape index (κ2) is 4.15. The molecule has 1 saturated carbocycles. The average Bonchev–Trinajstić information content (AvgIpc) is 2.21. The number of carbonyl (C=O) groups excluding carboxylic acids is 1. The Kier molecular flexibility index (Phi) is 3.14. The Morgan fingerprint density at radius 2 is 2.06 bits per heavy atom. The van der Waals surface area contributed by atoms with Gasteiger partial charge in [-0.1, -0.05) is 15.9 Å². The van der Waals surface area contributed by atoms with Crippen LogP contribution in [0.15, 0.2) is 27.1 Å². The van der Waals surface area contributed by atoms with Gasteiger partial charge in [0.15, 0.2) is 0 Å². The zero-order valence-electron chi connectivity index (χ0n) is 9.09. The van der Waals surface area contributed by atoms with Crippen LogP contribution < -0.4 is 4.74 Å². The first kappa shape index (κ1) is 12.1. The quantitative estimate of drug-likeness (QED) is 0.809. The molecule has 0 aliphatic heterocycles. The first-order chi connectivity index (χ1) is 7.41. The third kappa shape index (κ3) is 2.05. The van der Waals surface area contributed by atoms with Gasteiger partial charge in [0.2, 0.25) is 0 Å². The van der Waals surface area contributed by atoms with Crippen molar-refractivity contribution in [3.8, 4) is 5.75 Å². The van der Waals surface area contributed by atoms with Gasteiger partial charge in [0.1, 0.15) is 17.6 Å². The van der Waals surface area contributed by atoms with Crippen LogP contribution in [0.2, 0.25) is 0 Å². The van der Waals surface area contributed by atoms with E-state index < -0.39 is 0 Å². The van der Waals surface area contributed by atoms with Gasteiger partial charge in [-0.2, -0.15) is 0 Å². The van der Waals surface area contributed by atoms with Gasteiger partial charge in [0.05, 0.1) is 9.89 Å². The third-order valence-electron chi connectivity index (χ3n) is 3.06. The molecule has 1 aromatic carbocycles. The summed E-state index contributed by atoms with van der Waals surface area (Å²) in [6.45, 7) is 3.85. The van der Waals surface area contributed by atoms with Crippen molar-refractivity contribution in [2.24, 2.45) is 5.41 Å². The van der Waals surface area contributed by atoms with Crippen molar-refractivity contribution in [1.29, 1.82) is 0 Å². The lowest BCUT2D eigenvalue weighted by Gasteiger charge is -2.42. The SMILES string of the molecule is CC1(C)C(=O)CC1Oc1ccc(Br)cc1Br. The molecule has 2 nitrogen and oxygen atoms in total. The van der Waals surface area contributed by atoms with Crippen LogP contribution in [0.1, 0.15) is 20.3 Å². The van der Waals surface area contributed by atoms with Crippen LogP contribution in [0.3, 0.4) is 0 Å². The van der Waals surface area contributed by atoms with Gasteiger partial charge in [0, 0.05) is 10.9 Å². The lowest BCUT2D eigenvalue weighted by atomic mass is 9.68. The molecule has 1 fully saturated rings. The van der Waals surface area contributed by atoms with E-state index in [1.54, 1.807) is 0 Å². The Bertz CT molecular complexity index is 441. The fourth-order valence-electron chi connectivity index (χ4n) is 1.65. The molecular formula is C12H12Br2O2. The largest absolute Gasteiger partial charge is 0.488 e. The highest BCUT2D eigenvalue weighted by Crippen LogP contribution is 2.41. The Labute approximate surface area is 112 Å². The zero-order valence-corrected chi connectivity index (χ0v) is 12.3. The van der Waals surface area contributed by atoms with Crippen LogP contribution in [0.4, 0.5) is 0 Å². The monoisotopic (exact) mass is 346 g/mol. The number of benzene rings is 1. The summed E-state index contributed by atoms with van der Waals surface area (Å²) < 4.78 is 7.73. The van der Waals surface area contributed by atoms with Crippen LogP contribution in [-0.4, -0.2) is 11.9 Å². The second-order valence-electron chi connectivity index (χ2n) is 4.53. The topological polar surface area (TPSA) is 26.3 Å². The van der Waals surface area contributed by atoms with Crippen molar-refractivity contribution in [1.82, 2.24) is 0 Å². The Morgan fingerprint density at radius 1 is 1.38 bits per heavy atom. The summed E-state index contributed by atoms with van der Waals surface area (Å²) in [6.07, 6.45) is 0.493. The van der Waals surface area contributed by atoms with E-state index in [1.165, 1.54) is 0 Å². The molecule has 1 aliphatic rings. The van der Waals surface area contributed by atoms with E-state index >= 15 is 0 Å². The Balaban J connectivity index is 2.14. The van der Waals surface area contributed by atoms with E-state index in [1.807, 2.05) is 32.0 Å². The van der Waals surface area contributed by atoms with Crippen LogP contribution in [0, 0.1) is 5.41 Å². The van der Waals surface area contributed by atoms with Crippen LogP contribution >= 0.6 is 31.9 Å². The second-order valence-corrected chi connectivity index (χ2v) is 6.30. The van der Waals surface area contributed by atoms with Gasteiger partial charge >= 0.3 is 0 Å². The fraction of sp³-hybridized carbons (Fsp3) is 0.417. The maximum absolute atomic E-state index is 11.4. The highest BCUT2D eigenvalue weighted by molar-refractivity contribution is 9.11. The van der Waals surface area contributed by atoms with Gasteiger partial charge in [-0.05, 0) is 48.0 Å². The van der Waals surface area contributed by atoms with Crippen LogP contribution in [-0.2, 0) is 4.79 Å². The average molecular weight is 348 g/mol. The highest BCUT2D eigenvalue weighted by Gasteiger charge is 2.49. The zero-order chi connectivity index (χ0) is 11.9. The maximum Gasteiger partial charge on any atom is 0.145 e. The minimum Gasteiger partial charge on any atom is -0.488 e. The standard InChI is InChI=1S/C12H12Br2O2/c1-12(2)10(15)6-11(12)16-9-4-3-7(13)5-8(9)14/h3-5,11H,6H2,1-2H3. The Hall–Kier alpha value is -0.350. The minimum atomic E-state index is -0.355. The molecule has 4 heteroatoms. The van der Waals surface area contributed by atoms with Crippen LogP contribution in [0.25, 0.3) is 0 Å². The molecule has 0 bridgehead atoms. The maximum atomic E-state index is 11.4. The molecule has 0 heterocycles. The molecule has 0 spiro atoms. The molecule has 1 unspecified atom stereocenters. The molecule has 1 atom stereocenters. The number of ether oxygens (including phenoxy) is 1. The van der Waals surface area contributed by atoms with Gasteiger partial charge in [-0.25, -0.2) is 0 Å². The predicted molar refractivity (Wildman–Crippen MR) is 69.7 cm³/mol. The summed E-state index contributed by atoms with van der Waals surface area (Å²) in [5, 5.41) is 0. The van der Waals surface area contributed by atoms with E-state index in [9.17, 15) is 4.79 Å². The molecular weight excluding hydrogens is 336 g/mol. The smallest absolute Gasteiger partial charge is 0.145 e. The summed E-state index contributed by atoms with van der Waals surface area (Å²) in [7, 11) is 0. The van der Waals surface area contributed by atoms with E-state index in [0.717, 1.165) is 14.7 Å². The number of carbonyl (C=O) groups is 1. The number of ketones is 1. The molecule has 2 rings (SSSR count). The number of hydrogen-bond acceptors (Lipinski definition) is 2. The number of halogens is 2. The fourth-order valence-corrected chi connectivity index (χ4v) is 2.79. The summed E-state index contributed by atoms with van der Waals surface area (Å²) >= 11 is 6.83. The number of rotatable bonds is 2. The van der Waals surface area contributed by atoms with Gasteiger partial charge in [0.25, 0.3) is 0 Å². The molecule has 16 heavy (non-hydrogen) atoms. The summed E-state index contributed by atoms with van der Waals surface area (Å²) in [5.74, 6) is 1.06. The van der Waals surface area contributed by atoms with E-state index in [0.29, 0.717) is 6.42 Å². The molecule has 0 aromatic heterocycles. The summed E-state index contributed by atoms with van der Waals surface area (Å²) in [6, 6.07) is 5.75. The Morgan fingerprint density at radius 3 is 2.56 bits per heavy atom. The minimum absolute atomic E-state index is 0.0162. The summed E-state index contributed by atoms with van der Waals surface area (Å²) in [4.78, 5) is 11.4. The first-order valence-electron chi connectivity index (χ1n) is 5.06. The first-order valence-corrected chi connectivity index (χ1v) is 6.65. The van der Waals surface area contributed by atoms with Gasteiger partial charge in [-0.15, -0.1) is 0 Å². The molecule has 1 aliphatic carbocycles. The predicted octanol–water partition coefficient (Wildman–Crippen LogP) is 3.96. The third-order valence-corrected chi connectivity index (χ3v) is 4.17. The van der Waals surface area contributed by atoms with E-state index in [2.05, 4.69) is 31.9 Å². The molecule has 86 valence electrons. The molecule has 0 radical (unpaired) electrons. The molecule has 0 amide bonds. The van der Waals surface area contributed by atoms with E-state index in [-0.39, 0.29) is 17.3 Å². The van der Waals surface area contributed by atoms with E-state index in [4.69, 9.17) is 4.74 Å².